The summed E-state index contributed by atoms with van der Waals surface area (Å²) in [5.74, 6) is 0.710. The Bertz CT molecular complexity index is 487. The summed E-state index contributed by atoms with van der Waals surface area (Å²) in [4.78, 5) is 13.9. The third-order valence-corrected chi connectivity index (χ3v) is 4.27. The number of carbonyl (C=O) groups is 1. The Hall–Kier alpha value is -1.55. The number of benzene rings is 1. The van der Waals surface area contributed by atoms with Gasteiger partial charge in [0.05, 0.1) is 19.7 Å². The Morgan fingerprint density at radius 2 is 2.14 bits per heavy atom. The van der Waals surface area contributed by atoms with Crippen molar-refractivity contribution in [3.63, 3.8) is 0 Å². The summed E-state index contributed by atoms with van der Waals surface area (Å²) in [6, 6.07) is 8.55. The van der Waals surface area contributed by atoms with E-state index in [2.05, 4.69) is 48.3 Å². The van der Waals surface area contributed by atoms with E-state index in [1.54, 1.807) is 0 Å². The first-order valence-corrected chi connectivity index (χ1v) is 7.66. The van der Waals surface area contributed by atoms with Crippen molar-refractivity contribution in [2.45, 2.75) is 38.8 Å². The molecule has 4 nitrogen and oxygen atoms in total. The van der Waals surface area contributed by atoms with Crippen molar-refractivity contribution >= 4 is 11.7 Å². The van der Waals surface area contributed by atoms with Crippen LogP contribution in [0.25, 0.3) is 0 Å². The van der Waals surface area contributed by atoms with Crippen LogP contribution in [0.1, 0.15) is 38.2 Å². The lowest BCUT2D eigenvalue weighted by Crippen LogP contribution is -2.39. The Labute approximate surface area is 127 Å². The zero-order chi connectivity index (χ0) is 15.4. The van der Waals surface area contributed by atoms with Gasteiger partial charge >= 0.3 is 5.97 Å². The molecule has 0 spiro atoms. The van der Waals surface area contributed by atoms with Gasteiger partial charge in [0.1, 0.15) is 0 Å². The van der Waals surface area contributed by atoms with E-state index in [-0.39, 0.29) is 12.1 Å². The van der Waals surface area contributed by atoms with Crippen molar-refractivity contribution in [2.75, 3.05) is 25.6 Å². The second-order valence-corrected chi connectivity index (χ2v) is 6.05. The summed E-state index contributed by atoms with van der Waals surface area (Å²) in [6.07, 6.45) is 1.74. The molecule has 0 saturated carbocycles. The van der Waals surface area contributed by atoms with Gasteiger partial charge < -0.3 is 15.0 Å². The first-order chi connectivity index (χ1) is 10.1. The van der Waals surface area contributed by atoms with Gasteiger partial charge in [-0.2, -0.15) is 0 Å². The molecule has 0 bridgehead atoms. The smallest absolute Gasteiger partial charge is 0.305 e. The number of rotatable bonds is 5. The van der Waals surface area contributed by atoms with E-state index in [1.165, 1.54) is 18.4 Å². The highest BCUT2D eigenvalue weighted by atomic mass is 16.5. The molecular weight excluding hydrogens is 264 g/mol. The molecule has 116 valence electrons. The van der Waals surface area contributed by atoms with Gasteiger partial charge in [-0.05, 0) is 36.9 Å². The average Bonchev–Trinajstić information content (AvgIpc) is 2.89. The summed E-state index contributed by atoms with van der Waals surface area (Å²) >= 11 is 0. The average molecular weight is 290 g/mol. The summed E-state index contributed by atoms with van der Waals surface area (Å²) in [6.45, 7) is 5.33. The maximum absolute atomic E-state index is 11.5. The lowest BCUT2D eigenvalue weighted by molar-refractivity contribution is -0.141. The van der Waals surface area contributed by atoms with Crippen LogP contribution in [0.2, 0.25) is 0 Å². The Kier molecular flexibility index (Phi) is 5.23. The van der Waals surface area contributed by atoms with Crippen LogP contribution in [-0.4, -0.2) is 32.8 Å². The highest BCUT2D eigenvalue weighted by Crippen LogP contribution is 2.34. The van der Waals surface area contributed by atoms with E-state index in [9.17, 15) is 4.79 Å². The highest BCUT2D eigenvalue weighted by Gasteiger charge is 2.33. The minimum Gasteiger partial charge on any atom is -0.469 e. The predicted octanol–water partition coefficient (Wildman–Crippen LogP) is 2.74. The molecule has 1 aliphatic heterocycles. The van der Waals surface area contributed by atoms with Crippen molar-refractivity contribution in [2.24, 2.45) is 5.92 Å². The van der Waals surface area contributed by atoms with Gasteiger partial charge in [0.2, 0.25) is 0 Å². The van der Waals surface area contributed by atoms with Crippen LogP contribution in [0.3, 0.4) is 0 Å². The normalized spacial score (nSPS) is 21.9. The van der Waals surface area contributed by atoms with Gasteiger partial charge in [0.15, 0.2) is 0 Å². The van der Waals surface area contributed by atoms with Gasteiger partial charge in [-0.3, -0.25) is 4.79 Å². The summed E-state index contributed by atoms with van der Waals surface area (Å²) < 4.78 is 4.81. The molecule has 2 rings (SSSR count). The van der Waals surface area contributed by atoms with Crippen LogP contribution in [-0.2, 0) is 9.53 Å². The minimum atomic E-state index is -0.117. The molecular formula is C17H26N2O2. The fourth-order valence-electron chi connectivity index (χ4n) is 3.17. The molecule has 0 aliphatic carbocycles. The first kappa shape index (κ1) is 15.8. The largest absolute Gasteiger partial charge is 0.469 e. The van der Waals surface area contributed by atoms with Gasteiger partial charge in [0, 0.05) is 12.2 Å². The van der Waals surface area contributed by atoms with Gasteiger partial charge in [-0.15, -0.1) is 0 Å². The minimum absolute atomic E-state index is 0.117. The summed E-state index contributed by atoms with van der Waals surface area (Å²) in [5.41, 5.74) is 2.63. The molecule has 1 N–H and O–H groups in total. The number of carbonyl (C=O) groups excluding carboxylic acids is 1. The highest BCUT2D eigenvalue weighted by molar-refractivity contribution is 5.70. The van der Waals surface area contributed by atoms with E-state index < -0.39 is 0 Å². The molecule has 0 aromatic heterocycles. The van der Waals surface area contributed by atoms with Gasteiger partial charge in [0.25, 0.3) is 0 Å². The number of para-hydroxylation sites is 1. The number of esters is 1. The van der Waals surface area contributed by atoms with Crippen molar-refractivity contribution in [3.05, 3.63) is 29.8 Å². The standard InChI is InChI=1S/C17H26N2O2/c1-12(2)14-7-5-6-8-15(14)19-11-13(9-16(19)18-3)10-17(20)21-4/h5-8,12-13,16,18H,9-11H2,1-4H3. The van der Waals surface area contributed by atoms with Crippen molar-refractivity contribution in [1.82, 2.24) is 5.32 Å². The fourth-order valence-corrected chi connectivity index (χ4v) is 3.17. The maximum atomic E-state index is 11.5. The predicted molar refractivity (Wildman–Crippen MR) is 85.5 cm³/mol. The topological polar surface area (TPSA) is 41.6 Å². The second-order valence-electron chi connectivity index (χ2n) is 6.05. The van der Waals surface area contributed by atoms with E-state index in [0.29, 0.717) is 18.3 Å². The number of methoxy groups -OCH3 is 1. The number of ether oxygens (including phenoxy) is 1. The van der Waals surface area contributed by atoms with Crippen molar-refractivity contribution in [3.8, 4) is 0 Å². The van der Waals surface area contributed by atoms with Gasteiger partial charge in [-0.1, -0.05) is 32.0 Å². The van der Waals surface area contributed by atoms with Crippen LogP contribution >= 0.6 is 0 Å². The number of hydrogen-bond acceptors (Lipinski definition) is 4. The molecule has 1 aliphatic rings. The first-order valence-electron chi connectivity index (χ1n) is 7.66. The lowest BCUT2D eigenvalue weighted by atomic mass is 10.0. The zero-order valence-electron chi connectivity index (χ0n) is 13.4. The number of anilines is 1. The molecule has 0 amide bonds. The molecule has 2 atom stereocenters. The zero-order valence-corrected chi connectivity index (χ0v) is 13.4. The lowest BCUT2D eigenvalue weighted by Gasteiger charge is -2.29. The van der Waals surface area contributed by atoms with Crippen LogP contribution < -0.4 is 10.2 Å². The molecule has 1 heterocycles. The molecule has 0 radical (unpaired) electrons. The van der Waals surface area contributed by atoms with E-state index >= 15 is 0 Å². The SMILES string of the molecule is CNC1CC(CC(=O)OC)CN1c1ccccc1C(C)C. The number of nitrogens with zero attached hydrogens (tertiary/aromatic N) is 1. The van der Waals surface area contributed by atoms with E-state index in [0.717, 1.165) is 13.0 Å². The third kappa shape index (κ3) is 3.56. The van der Waals surface area contributed by atoms with Crippen LogP contribution in [0.4, 0.5) is 5.69 Å². The quantitative estimate of drug-likeness (QED) is 0.847. The Morgan fingerprint density at radius 1 is 1.43 bits per heavy atom. The Morgan fingerprint density at radius 3 is 2.76 bits per heavy atom. The molecule has 2 unspecified atom stereocenters. The molecule has 21 heavy (non-hydrogen) atoms. The van der Waals surface area contributed by atoms with Crippen LogP contribution in [0, 0.1) is 5.92 Å². The summed E-state index contributed by atoms with van der Waals surface area (Å²) in [7, 11) is 3.44. The van der Waals surface area contributed by atoms with Gasteiger partial charge in [-0.25, -0.2) is 0 Å². The molecule has 1 aromatic carbocycles. The number of nitrogens with one attached hydrogen (secondary N) is 1. The second kappa shape index (κ2) is 6.94. The van der Waals surface area contributed by atoms with Crippen LogP contribution in [0.15, 0.2) is 24.3 Å². The molecule has 1 aromatic rings. The Balaban J connectivity index is 2.20. The van der Waals surface area contributed by atoms with E-state index in [4.69, 9.17) is 4.74 Å². The fraction of sp³-hybridized carbons (Fsp3) is 0.588. The van der Waals surface area contributed by atoms with Crippen molar-refractivity contribution < 1.29 is 9.53 Å². The van der Waals surface area contributed by atoms with E-state index in [1.807, 2.05) is 7.05 Å². The summed E-state index contributed by atoms with van der Waals surface area (Å²) in [5, 5.41) is 3.37. The van der Waals surface area contributed by atoms with Crippen LogP contribution in [0.5, 0.6) is 0 Å². The monoisotopic (exact) mass is 290 g/mol. The van der Waals surface area contributed by atoms with Crippen molar-refractivity contribution in [1.29, 1.82) is 0 Å². The third-order valence-electron chi connectivity index (χ3n) is 4.27. The maximum Gasteiger partial charge on any atom is 0.305 e. The molecule has 1 saturated heterocycles. The number of hydrogen-bond donors (Lipinski definition) is 1. The molecule has 1 fully saturated rings. The molecule has 4 heteroatoms.